The van der Waals surface area contributed by atoms with Crippen LogP contribution in [0.2, 0.25) is 0 Å². The van der Waals surface area contributed by atoms with Gasteiger partial charge >= 0.3 is 6.03 Å². The molecular formula is C19H21N3O4S. The fraction of sp³-hybridized carbons (Fsp3) is 0.263. The lowest BCUT2D eigenvalue weighted by molar-refractivity contribution is -0.131. The van der Waals surface area contributed by atoms with Gasteiger partial charge < -0.3 is 5.32 Å². The maximum Gasteiger partial charge on any atom is 0.325 e. The van der Waals surface area contributed by atoms with Crippen LogP contribution in [0.5, 0.6) is 0 Å². The molecule has 2 aromatic rings. The number of hydrogen-bond acceptors (Lipinski definition) is 4. The van der Waals surface area contributed by atoms with E-state index in [-0.39, 0.29) is 17.3 Å². The molecule has 1 aliphatic rings. The number of imide groups is 1. The van der Waals surface area contributed by atoms with E-state index in [0.717, 1.165) is 9.21 Å². The molecule has 1 N–H and O–H groups in total. The molecule has 0 unspecified atom stereocenters. The zero-order valence-corrected chi connectivity index (χ0v) is 16.2. The van der Waals surface area contributed by atoms with Crippen molar-refractivity contribution in [3.8, 4) is 0 Å². The maximum atomic E-state index is 12.9. The number of benzene rings is 2. The Morgan fingerprint density at radius 3 is 2.33 bits per heavy atom. The molecular weight excluding hydrogens is 366 g/mol. The lowest BCUT2D eigenvalue weighted by Gasteiger charge is -2.22. The Morgan fingerprint density at radius 1 is 1.04 bits per heavy atom. The smallest absolute Gasteiger partial charge is 0.319 e. The maximum absolute atomic E-state index is 12.9. The van der Waals surface area contributed by atoms with Gasteiger partial charge in [0.1, 0.15) is 5.54 Å². The van der Waals surface area contributed by atoms with Gasteiger partial charge in [0.05, 0.1) is 11.4 Å². The average Bonchev–Trinajstić information content (AvgIpc) is 2.87. The molecule has 0 spiro atoms. The van der Waals surface area contributed by atoms with Crippen LogP contribution in [-0.2, 0) is 26.9 Å². The zero-order valence-electron chi connectivity index (χ0n) is 15.3. The van der Waals surface area contributed by atoms with E-state index in [2.05, 4.69) is 5.32 Å². The second kappa shape index (κ2) is 6.79. The van der Waals surface area contributed by atoms with Gasteiger partial charge in [-0.05, 0) is 30.2 Å². The van der Waals surface area contributed by atoms with E-state index in [1.54, 1.807) is 43.3 Å². The summed E-state index contributed by atoms with van der Waals surface area (Å²) in [6.07, 6.45) is 0. The topological polar surface area (TPSA) is 86.8 Å². The minimum Gasteiger partial charge on any atom is -0.319 e. The third-order valence-corrected chi connectivity index (χ3v) is 6.45. The molecule has 1 atom stereocenters. The van der Waals surface area contributed by atoms with E-state index < -0.39 is 21.6 Å². The summed E-state index contributed by atoms with van der Waals surface area (Å²) in [5.41, 5.74) is 0.0968. The first kappa shape index (κ1) is 19.1. The summed E-state index contributed by atoms with van der Waals surface area (Å²) in [6, 6.07) is 14.8. The third-order valence-electron chi connectivity index (χ3n) is 4.64. The quantitative estimate of drug-likeness (QED) is 0.794. The lowest BCUT2D eigenvalue weighted by Crippen LogP contribution is -2.40. The van der Waals surface area contributed by atoms with Gasteiger partial charge in [-0.3, -0.25) is 9.69 Å². The Kier molecular flexibility index (Phi) is 4.79. The van der Waals surface area contributed by atoms with E-state index in [1.807, 2.05) is 6.07 Å². The fourth-order valence-electron chi connectivity index (χ4n) is 3.01. The normalized spacial score (nSPS) is 20.2. The highest BCUT2D eigenvalue weighted by molar-refractivity contribution is 7.89. The Hall–Kier alpha value is -2.71. The Morgan fingerprint density at radius 2 is 1.70 bits per heavy atom. The number of amides is 3. The van der Waals surface area contributed by atoms with Gasteiger partial charge in [-0.2, -0.15) is 0 Å². The standard InChI is InChI=1S/C19H21N3O4S/c1-19(15-9-5-4-6-10-15)17(23)22(18(24)20-19)13-14-8-7-11-16(12-14)27(25,26)21(2)3/h4-12H,13H2,1-3H3,(H,20,24)/t19-/m0/s1. The van der Waals surface area contributed by atoms with Gasteiger partial charge in [0.15, 0.2) is 0 Å². The number of hydrogen-bond donors (Lipinski definition) is 1. The molecule has 1 aliphatic heterocycles. The van der Waals surface area contributed by atoms with E-state index in [9.17, 15) is 18.0 Å². The monoisotopic (exact) mass is 387 g/mol. The molecule has 0 aromatic heterocycles. The number of rotatable bonds is 5. The summed E-state index contributed by atoms with van der Waals surface area (Å²) in [5, 5.41) is 2.74. The number of sulfonamides is 1. The highest BCUT2D eigenvalue weighted by Gasteiger charge is 2.48. The first-order chi connectivity index (χ1) is 12.7. The molecule has 142 valence electrons. The molecule has 3 rings (SSSR count). The minimum atomic E-state index is -3.60. The van der Waals surface area contributed by atoms with Gasteiger partial charge in [0.25, 0.3) is 5.91 Å². The van der Waals surface area contributed by atoms with Crippen molar-refractivity contribution in [3.63, 3.8) is 0 Å². The van der Waals surface area contributed by atoms with Crippen molar-refractivity contribution in [2.24, 2.45) is 0 Å². The molecule has 27 heavy (non-hydrogen) atoms. The summed E-state index contributed by atoms with van der Waals surface area (Å²) < 4.78 is 25.7. The largest absolute Gasteiger partial charge is 0.325 e. The van der Waals surface area contributed by atoms with Gasteiger partial charge in [0, 0.05) is 14.1 Å². The van der Waals surface area contributed by atoms with E-state index in [1.165, 1.54) is 26.2 Å². The SMILES string of the molecule is CN(C)S(=O)(=O)c1cccc(CN2C(=O)N[C@@](C)(c3ccccc3)C2=O)c1. The van der Waals surface area contributed by atoms with Gasteiger partial charge in [-0.1, -0.05) is 42.5 Å². The summed E-state index contributed by atoms with van der Waals surface area (Å²) in [7, 11) is -0.698. The fourth-order valence-corrected chi connectivity index (χ4v) is 3.98. The molecule has 1 saturated heterocycles. The highest BCUT2D eigenvalue weighted by atomic mass is 32.2. The van der Waals surface area contributed by atoms with E-state index in [4.69, 9.17) is 0 Å². The Labute approximate surface area is 158 Å². The Balaban J connectivity index is 1.89. The molecule has 8 heteroatoms. The molecule has 7 nitrogen and oxygen atoms in total. The molecule has 2 aromatic carbocycles. The van der Waals surface area contributed by atoms with Crippen molar-refractivity contribution in [2.75, 3.05) is 14.1 Å². The number of carbonyl (C=O) groups excluding carboxylic acids is 2. The molecule has 0 radical (unpaired) electrons. The van der Waals surface area contributed by atoms with Crippen LogP contribution in [0.3, 0.4) is 0 Å². The molecule has 3 amide bonds. The van der Waals surface area contributed by atoms with Gasteiger partial charge in [0.2, 0.25) is 10.0 Å². The van der Waals surface area contributed by atoms with Gasteiger partial charge in [-0.25, -0.2) is 17.5 Å². The van der Waals surface area contributed by atoms with Crippen LogP contribution in [-0.4, -0.2) is 43.7 Å². The summed E-state index contributed by atoms with van der Waals surface area (Å²) in [6.45, 7) is 1.65. The van der Waals surface area contributed by atoms with E-state index >= 15 is 0 Å². The lowest BCUT2D eigenvalue weighted by atomic mass is 9.92. The van der Waals surface area contributed by atoms with E-state index in [0.29, 0.717) is 11.1 Å². The zero-order chi connectivity index (χ0) is 19.8. The predicted octanol–water partition coefficient (Wildman–Crippen LogP) is 1.90. The third kappa shape index (κ3) is 3.33. The summed E-state index contributed by atoms with van der Waals surface area (Å²) in [5.74, 6) is -0.375. The Bertz CT molecular complexity index is 989. The van der Waals surface area contributed by atoms with Crippen LogP contribution in [0, 0.1) is 0 Å². The summed E-state index contributed by atoms with van der Waals surface area (Å²) in [4.78, 5) is 26.6. The van der Waals surface area contributed by atoms with Crippen LogP contribution in [0.4, 0.5) is 4.79 Å². The molecule has 0 bridgehead atoms. The summed E-state index contributed by atoms with van der Waals surface area (Å²) >= 11 is 0. The first-order valence-corrected chi connectivity index (χ1v) is 9.81. The van der Waals surface area contributed by atoms with Crippen molar-refractivity contribution in [3.05, 3.63) is 65.7 Å². The molecule has 1 heterocycles. The number of nitrogens with one attached hydrogen (secondary N) is 1. The minimum absolute atomic E-state index is 0.0100. The second-order valence-corrected chi connectivity index (χ2v) is 8.90. The van der Waals surface area contributed by atoms with Crippen molar-refractivity contribution < 1.29 is 18.0 Å². The molecule has 0 aliphatic carbocycles. The number of nitrogens with zero attached hydrogens (tertiary/aromatic N) is 2. The van der Waals surface area contributed by atoms with Crippen molar-refractivity contribution >= 4 is 22.0 Å². The molecule has 0 saturated carbocycles. The number of urea groups is 1. The van der Waals surface area contributed by atoms with Crippen molar-refractivity contribution in [2.45, 2.75) is 23.9 Å². The van der Waals surface area contributed by atoms with Crippen LogP contribution >= 0.6 is 0 Å². The molecule has 1 fully saturated rings. The predicted molar refractivity (Wildman–Crippen MR) is 100 cm³/mol. The second-order valence-electron chi connectivity index (χ2n) is 6.75. The highest BCUT2D eigenvalue weighted by Crippen LogP contribution is 2.29. The average molecular weight is 387 g/mol. The van der Waals surface area contributed by atoms with Crippen LogP contribution in [0.25, 0.3) is 0 Å². The van der Waals surface area contributed by atoms with Gasteiger partial charge in [-0.15, -0.1) is 0 Å². The van der Waals surface area contributed by atoms with Crippen LogP contribution < -0.4 is 5.32 Å². The van der Waals surface area contributed by atoms with Crippen LogP contribution in [0.1, 0.15) is 18.1 Å². The van der Waals surface area contributed by atoms with Crippen molar-refractivity contribution in [1.29, 1.82) is 0 Å². The number of carbonyl (C=O) groups is 2. The first-order valence-electron chi connectivity index (χ1n) is 8.37. The van der Waals surface area contributed by atoms with Crippen molar-refractivity contribution in [1.82, 2.24) is 14.5 Å². The van der Waals surface area contributed by atoms with Crippen LogP contribution in [0.15, 0.2) is 59.5 Å².